The molecule has 0 aromatic carbocycles. The summed E-state index contributed by atoms with van der Waals surface area (Å²) >= 11 is 0. The molecule has 0 heterocycles. The number of aliphatic hydroxyl groups excluding tert-OH is 1. The molecule has 0 bridgehead atoms. The van der Waals surface area contributed by atoms with Crippen LogP contribution in [0.1, 0.15) is 32.6 Å². The predicted molar refractivity (Wildman–Crippen MR) is 64.9 cm³/mol. The number of aliphatic hydroxyl groups is 1. The van der Waals surface area contributed by atoms with E-state index in [4.69, 9.17) is 0 Å². The molecule has 4 heteroatoms. The Bertz CT molecular complexity index is 144. The normalized spacial score (nSPS) is 17.4. The van der Waals surface area contributed by atoms with Gasteiger partial charge in [0.15, 0.2) is 0 Å². The van der Waals surface area contributed by atoms with Crippen molar-refractivity contribution >= 4 is 0 Å². The van der Waals surface area contributed by atoms with Crippen molar-refractivity contribution in [2.45, 2.75) is 50.9 Å². The zero-order valence-electron chi connectivity index (χ0n) is 10.5. The molecule has 4 N–H and O–H groups in total. The highest BCUT2D eigenvalue weighted by Gasteiger charge is 2.10. The van der Waals surface area contributed by atoms with Gasteiger partial charge in [-0.2, -0.15) is 0 Å². The lowest BCUT2D eigenvalue weighted by atomic mass is 10.0. The van der Waals surface area contributed by atoms with Crippen LogP contribution in [-0.2, 0) is 0 Å². The van der Waals surface area contributed by atoms with E-state index in [0.717, 1.165) is 25.7 Å². The van der Waals surface area contributed by atoms with E-state index in [9.17, 15) is 5.11 Å². The van der Waals surface area contributed by atoms with Crippen molar-refractivity contribution in [2.75, 3.05) is 21.1 Å². The quantitative estimate of drug-likeness (QED) is 0.419. The molecule has 0 fully saturated rings. The average Bonchev–Trinajstić information content (AvgIpc) is 2.26. The van der Waals surface area contributed by atoms with Crippen LogP contribution in [-0.4, -0.2) is 44.6 Å². The van der Waals surface area contributed by atoms with Crippen molar-refractivity contribution in [1.29, 1.82) is 0 Å². The molecule has 15 heavy (non-hydrogen) atoms. The van der Waals surface area contributed by atoms with E-state index in [1.54, 1.807) is 7.05 Å². The van der Waals surface area contributed by atoms with Crippen molar-refractivity contribution in [1.82, 2.24) is 16.0 Å². The van der Waals surface area contributed by atoms with E-state index < -0.39 is 0 Å². The standard InChI is InChI=1S/C11H27N3O/c1-9(12-2)8-10(13-3)6-5-7-11(15)14-4/h9-15H,5-8H2,1-4H3. The van der Waals surface area contributed by atoms with Crippen LogP contribution in [0.3, 0.4) is 0 Å². The first-order valence-electron chi connectivity index (χ1n) is 5.83. The van der Waals surface area contributed by atoms with E-state index in [2.05, 4.69) is 22.9 Å². The molecule has 0 aromatic heterocycles. The third kappa shape index (κ3) is 7.73. The van der Waals surface area contributed by atoms with Crippen LogP contribution in [0.2, 0.25) is 0 Å². The smallest absolute Gasteiger partial charge is 0.104 e. The monoisotopic (exact) mass is 217 g/mol. The molecule has 0 aliphatic heterocycles. The van der Waals surface area contributed by atoms with Crippen LogP contribution in [0.15, 0.2) is 0 Å². The zero-order valence-corrected chi connectivity index (χ0v) is 10.5. The molecular formula is C11H27N3O. The van der Waals surface area contributed by atoms with Gasteiger partial charge in [0.05, 0.1) is 0 Å². The third-order valence-corrected chi connectivity index (χ3v) is 2.90. The van der Waals surface area contributed by atoms with Crippen molar-refractivity contribution < 1.29 is 5.11 Å². The first-order chi connectivity index (χ1) is 7.13. The molecule has 0 rings (SSSR count). The Kier molecular flexibility index (Phi) is 9.00. The molecular weight excluding hydrogens is 190 g/mol. The van der Waals surface area contributed by atoms with Gasteiger partial charge in [0.1, 0.15) is 6.23 Å². The Morgan fingerprint density at radius 3 is 2.13 bits per heavy atom. The fourth-order valence-electron chi connectivity index (χ4n) is 1.63. The minimum atomic E-state index is -0.357. The van der Waals surface area contributed by atoms with Crippen LogP contribution in [0.5, 0.6) is 0 Å². The fraction of sp³-hybridized carbons (Fsp3) is 1.00. The van der Waals surface area contributed by atoms with Gasteiger partial charge in [0.25, 0.3) is 0 Å². The van der Waals surface area contributed by atoms with E-state index in [1.165, 1.54) is 0 Å². The molecule has 0 radical (unpaired) electrons. The Morgan fingerprint density at radius 1 is 1.00 bits per heavy atom. The van der Waals surface area contributed by atoms with Gasteiger partial charge in [0, 0.05) is 12.1 Å². The van der Waals surface area contributed by atoms with Gasteiger partial charge in [-0.05, 0) is 53.8 Å². The van der Waals surface area contributed by atoms with Crippen molar-refractivity contribution in [2.24, 2.45) is 0 Å². The van der Waals surface area contributed by atoms with Crippen LogP contribution in [0.25, 0.3) is 0 Å². The van der Waals surface area contributed by atoms with Crippen LogP contribution >= 0.6 is 0 Å². The molecule has 0 saturated carbocycles. The van der Waals surface area contributed by atoms with Crippen molar-refractivity contribution in [3.05, 3.63) is 0 Å². The van der Waals surface area contributed by atoms with Crippen molar-refractivity contribution in [3.8, 4) is 0 Å². The van der Waals surface area contributed by atoms with Crippen molar-refractivity contribution in [3.63, 3.8) is 0 Å². The topological polar surface area (TPSA) is 56.3 Å². The van der Waals surface area contributed by atoms with E-state index in [-0.39, 0.29) is 6.23 Å². The highest BCUT2D eigenvalue weighted by atomic mass is 16.3. The maximum absolute atomic E-state index is 9.33. The van der Waals surface area contributed by atoms with Gasteiger partial charge in [-0.15, -0.1) is 0 Å². The molecule has 92 valence electrons. The molecule has 0 spiro atoms. The van der Waals surface area contributed by atoms with Crippen LogP contribution < -0.4 is 16.0 Å². The second-order valence-electron chi connectivity index (χ2n) is 4.15. The summed E-state index contributed by atoms with van der Waals surface area (Å²) in [4.78, 5) is 0. The molecule has 0 aliphatic rings. The highest BCUT2D eigenvalue weighted by molar-refractivity contribution is 4.71. The third-order valence-electron chi connectivity index (χ3n) is 2.90. The first-order valence-corrected chi connectivity index (χ1v) is 5.83. The Labute approximate surface area is 93.8 Å². The summed E-state index contributed by atoms with van der Waals surface area (Å²) in [5.74, 6) is 0. The zero-order chi connectivity index (χ0) is 11.7. The number of rotatable bonds is 9. The molecule has 0 amide bonds. The highest BCUT2D eigenvalue weighted by Crippen LogP contribution is 2.07. The van der Waals surface area contributed by atoms with E-state index in [1.807, 2.05) is 14.1 Å². The average molecular weight is 217 g/mol. The fourth-order valence-corrected chi connectivity index (χ4v) is 1.63. The molecule has 3 atom stereocenters. The second kappa shape index (κ2) is 9.09. The van der Waals surface area contributed by atoms with Gasteiger partial charge in [-0.1, -0.05) is 0 Å². The van der Waals surface area contributed by atoms with Gasteiger partial charge < -0.3 is 15.7 Å². The van der Waals surface area contributed by atoms with Crippen LogP contribution in [0, 0.1) is 0 Å². The maximum Gasteiger partial charge on any atom is 0.104 e. The summed E-state index contributed by atoms with van der Waals surface area (Å²) in [6, 6.07) is 1.08. The summed E-state index contributed by atoms with van der Waals surface area (Å²) in [6.07, 6.45) is 3.75. The Morgan fingerprint density at radius 2 is 1.67 bits per heavy atom. The molecule has 0 aromatic rings. The maximum atomic E-state index is 9.33. The summed E-state index contributed by atoms with van der Waals surface area (Å²) in [6.45, 7) is 2.19. The molecule has 0 saturated heterocycles. The summed E-state index contributed by atoms with van der Waals surface area (Å²) < 4.78 is 0. The van der Waals surface area contributed by atoms with Gasteiger partial charge in [0.2, 0.25) is 0 Å². The largest absolute Gasteiger partial charge is 0.379 e. The minimum Gasteiger partial charge on any atom is -0.379 e. The summed E-state index contributed by atoms with van der Waals surface area (Å²) in [7, 11) is 5.77. The lowest BCUT2D eigenvalue weighted by Crippen LogP contribution is -2.34. The number of hydrogen-bond acceptors (Lipinski definition) is 4. The summed E-state index contributed by atoms with van der Waals surface area (Å²) in [5.41, 5.74) is 0. The Hall–Kier alpha value is -0.160. The summed E-state index contributed by atoms with van der Waals surface area (Å²) in [5, 5.41) is 18.7. The van der Waals surface area contributed by atoms with Gasteiger partial charge >= 0.3 is 0 Å². The first kappa shape index (κ1) is 14.8. The lowest BCUT2D eigenvalue weighted by Gasteiger charge is -2.20. The molecule has 0 aliphatic carbocycles. The Balaban J connectivity index is 3.61. The second-order valence-corrected chi connectivity index (χ2v) is 4.15. The van der Waals surface area contributed by atoms with Gasteiger partial charge in [-0.25, -0.2) is 0 Å². The van der Waals surface area contributed by atoms with E-state index in [0.29, 0.717) is 12.1 Å². The number of nitrogens with one attached hydrogen (secondary N) is 3. The molecule has 4 nitrogen and oxygen atoms in total. The SMILES string of the molecule is CNC(C)CC(CCCC(O)NC)NC. The minimum absolute atomic E-state index is 0.357. The lowest BCUT2D eigenvalue weighted by molar-refractivity contribution is 0.132. The van der Waals surface area contributed by atoms with Crippen LogP contribution in [0.4, 0.5) is 0 Å². The molecule has 3 unspecified atom stereocenters. The predicted octanol–water partition coefficient (Wildman–Crippen LogP) is 0.281. The van der Waals surface area contributed by atoms with E-state index >= 15 is 0 Å². The number of hydrogen-bond donors (Lipinski definition) is 4. The van der Waals surface area contributed by atoms with Gasteiger partial charge in [-0.3, -0.25) is 5.32 Å².